The van der Waals surface area contributed by atoms with Gasteiger partial charge in [-0.05, 0) is 65.3 Å². The second kappa shape index (κ2) is 11.6. The summed E-state index contributed by atoms with van der Waals surface area (Å²) in [4.78, 5) is 6.58. The average molecular weight is 605 g/mol. The van der Waals surface area contributed by atoms with Crippen LogP contribution < -0.4 is 5.73 Å². The SMILES string of the molecule is NC(=N/C(=C\Cc1ccc2c(c1)sc1ccccc12)C1=CC2SC3=CCCC=C3C2C=C1)c1cccc(-c2ccccc2)c1. The van der Waals surface area contributed by atoms with Gasteiger partial charge in [0.2, 0.25) is 0 Å². The number of benzene rings is 4. The fourth-order valence-electron chi connectivity index (χ4n) is 6.47. The Bertz CT molecular complexity index is 2090. The Hall–Kier alpha value is -4.38. The van der Waals surface area contributed by atoms with Gasteiger partial charge in [-0.1, -0.05) is 115 Å². The van der Waals surface area contributed by atoms with Gasteiger partial charge in [-0.15, -0.1) is 23.1 Å². The van der Waals surface area contributed by atoms with E-state index >= 15 is 0 Å². The number of hydrogen-bond donors (Lipinski definition) is 1. The number of thioether (sulfide) groups is 1. The molecule has 1 saturated heterocycles. The van der Waals surface area contributed by atoms with Crippen molar-refractivity contribution < 1.29 is 0 Å². The number of rotatable bonds is 6. The second-order valence-electron chi connectivity index (χ2n) is 11.6. The van der Waals surface area contributed by atoms with Crippen LogP contribution in [0.2, 0.25) is 0 Å². The smallest absolute Gasteiger partial charge is 0.131 e. The molecular formula is C40H32N2S2. The van der Waals surface area contributed by atoms with E-state index in [0.717, 1.165) is 41.7 Å². The molecule has 2 heterocycles. The van der Waals surface area contributed by atoms with E-state index < -0.39 is 0 Å². The minimum absolute atomic E-state index is 0.390. The third kappa shape index (κ3) is 5.19. The molecule has 2 atom stereocenters. The van der Waals surface area contributed by atoms with E-state index in [1.54, 1.807) is 0 Å². The lowest BCUT2D eigenvalue weighted by Crippen LogP contribution is -2.16. The molecule has 1 aromatic heterocycles. The maximum Gasteiger partial charge on any atom is 0.131 e. The van der Waals surface area contributed by atoms with Crippen LogP contribution in [-0.2, 0) is 6.42 Å². The topological polar surface area (TPSA) is 38.4 Å². The molecule has 1 aliphatic heterocycles. The molecular weight excluding hydrogens is 573 g/mol. The van der Waals surface area contributed by atoms with Gasteiger partial charge < -0.3 is 5.73 Å². The number of amidine groups is 1. The van der Waals surface area contributed by atoms with Crippen molar-refractivity contribution >= 4 is 49.1 Å². The van der Waals surface area contributed by atoms with Gasteiger partial charge in [-0.3, -0.25) is 0 Å². The molecule has 3 aliphatic rings. The second-order valence-corrected chi connectivity index (χ2v) is 13.9. The van der Waals surface area contributed by atoms with Crippen molar-refractivity contribution in [3.05, 3.63) is 166 Å². The highest BCUT2D eigenvalue weighted by molar-refractivity contribution is 8.04. The Morgan fingerprint density at radius 2 is 1.64 bits per heavy atom. The molecule has 2 aliphatic carbocycles. The zero-order chi connectivity index (χ0) is 29.5. The number of thiophene rings is 1. The summed E-state index contributed by atoms with van der Waals surface area (Å²) in [6, 6.07) is 34.3. The summed E-state index contributed by atoms with van der Waals surface area (Å²) >= 11 is 3.85. The molecule has 0 bridgehead atoms. The monoisotopic (exact) mass is 604 g/mol. The van der Waals surface area contributed by atoms with Crippen molar-refractivity contribution in [2.45, 2.75) is 24.5 Å². The van der Waals surface area contributed by atoms with Gasteiger partial charge in [0.25, 0.3) is 0 Å². The van der Waals surface area contributed by atoms with Gasteiger partial charge in [0, 0.05) is 41.8 Å². The van der Waals surface area contributed by atoms with Crippen LogP contribution in [0.15, 0.2) is 160 Å². The van der Waals surface area contributed by atoms with Gasteiger partial charge in [-0.2, -0.15) is 0 Å². The van der Waals surface area contributed by atoms with Crippen molar-refractivity contribution in [2.24, 2.45) is 16.6 Å². The van der Waals surface area contributed by atoms with E-state index in [4.69, 9.17) is 10.7 Å². The zero-order valence-corrected chi connectivity index (χ0v) is 26.0. The molecule has 214 valence electrons. The summed E-state index contributed by atoms with van der Waals surface area (Å²) in [6.45, 7) is 0. The minimum atomic E-state index is 0.390. The van der Waals surface area contributed by atoms with Crippen LogP contribution in [0.3, 0.4) is 0 Å². The first-order valence-electron chi connectivity index (χ1n) is 15.3. The average Bonchev–Trinajstić information content (AvgIpc) is 3.64. The molecule has 4 heteroatoms. The number of aliphatic imine (C=N–C) groups is 1. The third-order valence-electron chi connectivity index (χ3n) is 8.72. The van der Waals surface area contributed by atoms with E-state index in [1.165, 1.54) is 41.8 Å². The van der Waals surface area contributed by atoms with E-state index in [1.807, 2.05) is 29.2 Å². The van der Waals surface area contributed by atoms with Gasteiger partial charge in [0.1, 0.15) is 5.84 Å². The van der Waals surface area contributed by atoms with Crippen molar-refractivity contribution in [1.82, 2.24) is 0 Å². The van der Waals surface area contributed by atoms with Crippen molar-refractivity contribution in [3.8, 4) is 11.1 Å². The molecule has 4 aromatic carbocycles. The molecule has 2 nitrogen and oxygen atoms in total. The predicted octanol–water partition coefficient (Wildman–Crippen LogP) is 10.4. The Morgan fingerprint density at radius 1 is 0.818 bits per heavy atom. The summed E-state index contributed by atoms with van der Waals surface area (Å²) in [7, 11) is 0. The predicted molar refractivity (Wildman–Crippen MR) is 191 cm³/mol. The van der Waals surface area contributed by atoms with E-state index in [9.17, 15) is 0 Å². The largest absolute Gasteiger partial charge is 0.383 e. The molecule has 0 spiro atoms. The molecule has 0 saturated carbocycles. The summed E-state index contributed by atoms with van der Waals surface area (Å²) in [6.07, 6.45) is 17.2. The molecule has 8 rings (SSSR count). The van der Waals surface area contributed by atoms with Crippen molar-refractivity contribution in [1.29, 1.82) is 0 Å². The minimum Gasteiger partial charge on any atom is -0.383 e. The van der Waals surface area contributed by atoms with Gasteiger partial charge >= 0.3 is 0 Å². The van der Waals surface area contributed by atoms with Crippen LogP contribution in [0.4, 0.5) is 0 Å². The fraction of sp³-hybridized carbons (Fsp3) is 0.125. The first-order valence-corrected chi connectivity index (χ1v) is 17.0. The molecule has 2 N–H and O–H groups in total. The van der Waals surface area contributed by atoms with Crippen molar-refractivity contribution in [3.63, 3.8) is 0 Å². The fourth-order valence-corrected chi connectivity index (χ4v) is 9.10. The molecule has 2 unspecified atom stereocenters. The quantitative estimate of drug-likeness (QED) is 0.155. The van der Waals surface area contributed by atoms with Crippen LogP contribution in [0, 0.1) is 5.92 Å². The van der Waals surface area contributed by atoms with Crippen LogP contribution >= 0.6 is 23.1 Å². The molecule has 0 radical (unpaired) electrons. The summed E-state index contributed by atoms with van der Waals surface area (Å²) in [5, 5.41) is 3.05. The molecule has 5 aromatic rings. The Morgan fingerprint density at radius 3 is 2.57 bits per heavy atom. The normalized spacial score (nSPS) is 19.9. The highest BCUT2D eigenvalue weighted by Crippen LogP contribution is 2.51. The lowest BCUT2D eigenvalue weighted by atomic mass is 9.86. The lowest BCUT2D eigenvalue weighted by molar-refractivity contribution is 0.799. The molecule has 0 amide bonds. The maximum atomic E-state index is 6.77. The highest BCUT2D eigenvalue weighted by atomic mass is 32.2. The standard InChI is InChI=1S/C40H32N2S2/c41-40(30-12-8-11-28(24-30)27-9-2-1-3-10-27)42-35(29-19-21-34-32-14-5-7-16-37(32)44-39(34)25-29)22-18-26-17-20-33-31-13-4-6-15-36(31)43-38(33)23-26/h1-4,6,8-17,19-25,34,39H,5,7,18H2,(H2,41,42)/b35-22-. The van der Waals surface area contributed by atoms with Crippen LogP contribution in [0.1, 0.15) is 24.0 Å². The zero-order valence-electron chi connectivity index (χ0n) is 24.3. The molecule has 44 heavy (non-hydrogen) atoms. The lowest BCUT2D eigenvalue weighted by Gasteiger charge is -2.20. The van der Waals surface area contributed by atoms with E-state index in [-0.39, 0.29) is 0 Å². The highest BCUT2D eigenvalue weighted by Gasteiger charge is 2.35. The number of nitrogens with two attached hydrogens (primary N) is 1. The van der Waals surface area contributed by atoms with Crippen molar-refractivity contribution in [2.75, 3.05) is 0 Å². The Balaban J connectivity index is 1.16. The summed E-state index contributed by atoms with van der Waals surface area (Å²) in [5.74, 6) is 0.972. The van der Waals surface area contributed by atoms with Crippen LogP contribution in [0.25, 0.3) is 31.3 Å². The summed E-state index contributed by atoms with van der Waals surface area (Å²) in [5.41, 5.74) is 14.9. The van der Waals surface area contributed by atoms with E-state index in [2.05, 4.69) is 127 Å². The first-order chi connectivity index (χ1) is 21.7. The third-order valence-corrected chi connectivity index (χ3v) is 11.2. The van der Waals surface area contributed by atoms with Crippen LogP contribution in [-0.4, -0.2) is 11.1 Å². The number of allylic oxidation sites excluding steroid dienone is 6. The van der Waals surface area contributed by atoms with E-state index in [0.29, 0.717) is 17.0 Å². The number of hydrogen-bond acceptors (Lipinski definition) is 3. The van der Waals surface area contributed by atoms with Gasteiger partial charge in [0.05, 0.1) is 5.70 Å². The Kier molecular flexibility index (Phi) is 7.17. The Labute approximate surface area is 266 Å². The van der Waals surface area contributed by atoms with Gasteiger partial charge in [-0.25, -0.2) is 4.99 Å². The van der Waals surface area contributed by atoms with Crippen LogP contribution in [0.5, 0.6) is 0 Å². The first kappa shape index (κ1) is 27.2. The molecule has 1 fully saturated rings. The number of fused-ring (bicyclic) bond motifs is 6. The summed E-state index contributed by atoms with van der Waals surface area (Å²) < 4.78 is 2.66. The maximum absolute atomic E-state index is 6.77. The number of nitrogens with zero attached hydrogens (tertiary/aromatic N) is 1. The van der Waals surface area contributed by atoms with Gasteiger partial charge in [0.15, 0.2) is 0 Å².